The van der Waals surface area contributed by atoms with Crippen molar-refractivity contribution >= 4 is 11.3 Å². The lowest BCUT2D eigenvalue weighted by atomic mass is 9.81. The molecule has 2 rings (SSSR count). The highest BCUT2D eigenvalue weighted by molar-refractivity contribution is 7.10. The first kappa shape index (κ1) is 14.8. The third-order valence-corrected chi connectivity index (χ3v) is 4.77. The number of hydrogen-bond donors (Lipinski definition) is 2. The molecule has 0 spiro atoms. The second kappa shape index (κ2) is 6.24. The zero-order valence-corrected chi connectivity index (χ0v) is 11.5. The number of fused-ring (bicyclic) bond motifs is 1. The largest absolute Gasteiger partial charge is 0.389 e. The molecule has 1 aromatic rings. The van der Waals surface area contributed by atoms with Crippen molar-refractivity contribution in [1.82, 2.24) is 5.43 Å². The van der Waals surface area contributed by atoms with Crippen LogP contribution in [-0.2, 0) is 6.42 Å². The second-order valence-electron chi connectivity index (χ2n) is 5.08. The quantitative estimate of drug-likeness (QED) is 0.641. The molecule has 0 amide bonds. The van der Waals surface area contributed by atoms with Gasteiger partial charge < -0.3 is 0 Å². The summed E-state index contributed by atoms with van der Waals surface area (Å²) in [5.41, 5.74) is 4.01. The summed E-state index contributed by atoms with van der Waals surface area (Å²) in [4.78, 5) is 1.37. The lowest BCUT2D eigenvalue weighted by Crippen LogP contribution is -2.40. The van der Waals surface area contributed by atoms with Crippen LogP contribution in [0.15, 0.2) is 11.4 Å². The molecule has 0 saturated heterocycles. The van der Waals surface area contributed by atoms with E-state index in [4.69, 9.17) is 5.84 Å². The Labute approximate surface area is 115 Å². The highest BCUT2D eigenvalue weighted by Gasteiger charge is 2.30. The molecule has 0 bridgehead atoms. The number of hydrogen-bond acceptors (Lipinski definition) is 3. The van der Waals surface area contributed by atoms with Crippen molar-refractivity contribution < 1.29 is 13.2 Å². The molecule has 2 atom stereocenters. The zero-order valence-electron chi connectivity index (χ0n) is 10.7. The number of halogens is 3. The van der Waals surface area contributed by atoms with Crippen LogP contribution in [0.3, 0.4) is 0 Å². The molecular formula is C13H19F3N2S. The normalized spacial score (nSPS) is 21.2. The molecule has 2 nitrogen and oxygen atoms in total. The lowest BCUT2D eigenvalue weighted by Gasteiger charge is -2.30. The molecule has 0 saturated carbocycles. The van der Waals surface area contributed by atoms with Crippen LogP contribution in [0.5, 0.6) is 0 Å². The minimum Gasteiger partial charge on any atom is -0.271 e. The van der Waals surface area contributed by atoms with E-state index in [2.05, 4.69) is 16.9 Å². The number of rotatable bonds is 5. The van der Waals surface area contributed by atoms with Crippen molar-refractivity contribution in [3.8, 4) is 0 Å². The third-order valence-electron chi connectivity index (χ3n) is 3.77. The van der Waals surface area contributed by atoms with E-state index in [-0.39, 0.29) is 18.4 Å². The van der Waals surface area contributed by atoms with Crippen molar-refractivity contribution in [3.63, 3.8) is 0 Å². The molecule has 0 aliphatic heterocycles. The number of thiophene rings is 1. The summed E-state index contributed by atoms with van der Waals surface area (Å²) in [6, 6.07) is 2.04. The van der Waals surface area contributed by atoms with Crippen molar-refractivity contribution in [2.24, 2.45) is 5.84 Å². The number of aryl methyl sites for hydroxylation is 1. The van der Waals surface area contributed by atoms with E-state index in [0.29, 0.717) is 6.42 Å². The van der Waals surface area contributed by atoms with Gasteiger partial charge in [0.1, 0.15) is 0 Å². The number of nitrogens with one attached hydrogen (secondary N) is 1. The third kappa shape index (κ3) is 3.94. The summed E-state index contributed by atoms with van der Waals surface area (Å²) >= 11 is 1.74. The van der Waals surface area contributed by atoms with E-state index < -0.39 is 12.6 Å². The van der Waals surface area contributed by atoms with Crippen LogP contribution < -0.4 is 11.3 Å². The monoisotopic (exact) mass is 292 g/mol. The molecule has 0 aromatic carbocycles. The highest BCUT2D eigenvalue weighted by Crippen LogP contribution is 2.38. The fourth-order valence-corrected chi connectivity index (χ4v) is 3.86. The van der Waals surface area contributed by atoms with Crippen LogP contribution in [0, 0.1) is 0 Å². The Morgan fingerprint density at radius 2 is 2.26 bits per heavy atom. The smallest absolute Gasteiger partial charge is 0.271 e. The topological polar surface area (TPSA) is 38.0 Å². The van der Waals surface area contributed by atoms with E-state index in [1.54, 1.807) is 11.3 Å². The number of alkyl halides is 3. The van der Waals surface area contributed by atoms with Crippen LogP contribution in [0.4, 0.5) is 13.2 Å². The van der Waals surface area contributed by atoms with Gasteiger partial charge in [-0.2, -0.15) is 13.2 Å². The fourth-order valence-electron chi connectivity index (χ4n) is 2.86. The van der Waals surface area contributed by atoms with Gasteiger partial charge in [0, 0.05) is 23.3 Å². The first-order valence-electron chi connectivity index (χ1n) is 6.60. The molecule has 0 radical (unpaired) electrons. The average molecular weight is 292 g/mol. The predicted molar refractivity (Wildman–Crippen MR) is 71.0 cm³/mol. The number of hydrazine groups is 1. The van der Waals surface area contributed by atoms with Gasteiger partial charge in [0.25, 0.3) is 0 Å². The first-order valence-corrected chi connectivity index (χ1v) is 7.48. The van der Waals surface area contributed by atoms with E-state index in [9.17, 15) is 13.2 Å². The van der Waals surface area contributed by atoms with Gasteiger partial charge in [0.05, 0.1) is 0 Å². The molecule has 1 aromatic heterocycles. The molecule has 1 heterocycles. The molecule has 19 heavy (non-hydrogen) atoms. The highest BCUT2D eigenvalue weighted by atomic mass is 32.1. The Balaban J connectivity index is 1.96. The minimum absolute atomic E-state index is 0.0593. The van der Waals surface area contributed by atoms with Gasteiger partial charge in [-0.3, -0.25) is 11.3 Å². The van der Waals surface area contributed by atoms with Crippen molar-refractivity contribution in [2.75, 3.05) is 0 Å². The molecule has 3 N–H and O–H groups in total. The molecule has 1 aliphatic carbocycles. The van der Waals surface area contributed by atoms with Crippen LogP contribution in [0.2, 0.25) is 0 Å². The molecule has 0 fully saturated rings. The summed E-state index contributed by atoms with van der Waals surface area (Å²) in [5, 5.41) is 2.06. The second-order valence-corrected chi connectivity index (χ2v) is 6.08. The first-order chi connectivity index (χ1) is 9.01. The molecule has 108 valence electrons. The van der Waals surface area contributed by atoms with Gasteiger partial charge in [-0.25, -0.2) is 0 Å². The SMILES string of the molecule is NNC(CCCC(F)(F)F)C1CCCc2sccc21. The summed E-state index contributed by atoms with van der Waals surface area (Å²) in [6.45, 7) is 0. The van der Waals surface area contributed by atoms with Gasteiger partial charge >= 0.3 is 6.18 Å². The maximum Gasteiger partial charge on any atom is 0.389 e. The fraction of sp³-hybridized carbons (Fsp3) is 0.692. The van der Waals surface area contributed by atoms with Gasteiger partial charge in [0.15, 0.2) is 0 Å². The molecule has 1 aliphatic rings. The Bertz CT molecular complexity index is 403. The summed E-state index contributed by atoms with van der Waals surface area (Å²) < 4.78 is 36.6. The van der Waals surface area contributed by atoms with E-state index in [0.717, 1.165) is 19.3 Å². The molecule has 6 heteroatoms. The Morgan fingerprint density at radius 1 is 1.47 bits per heavy atom. The summed E-state index contributed by atoms with van der Waals surface area (Å²) in [5.74, 6) is 5.81. The van der Waals surface area contributed by atoms with Crippen molar-refractivity contribution in [2.45, 2.75) is 56.7 Å². The Hall–Kier alpha value is -0.590. The van der Waals surface area contributed by atoms with E-state index in [1.165, 1.54) is 10.4 Å². The predicted octanol–water partition coefficient (Wildman–Crippen LogP) is 3.73. The summed E-state index contributed by atoms with van der Waals surface area (Å²) in [7, 11) is 0. The van der Waals surface area contributed by atoms with Crippen LogP contribution in [-0.4, -0.2) is 12.2 Å². The lowest BCUT2D eigenvalue weighted by molar-refractivity contribution is -0.135. The van der Waals surface area contributed by atoms with E-state index >= 15 is 0 Å². The van der Waals surface area contributed by atoms with Crippen LogP contribution in [0.25, 0.3) is 0 Å². The van der Waals surface area contributed by atoms with E-state index in [1.807, 2.05) is 0 Å². The van der Waals surface area contributed by atoms with Crippen molar-refractivity contribution in [3.05, 3.63) is 21.9 Å². The maximum atomic E-state index is 12.2. The van der Waals surface area contributed by atoms with Gasteiger partial charge in [-0.15, -0.1) is 11.3 Å². The van der Waals surface area contributed by atoms with Crippen LogP contribution >= 0.6 is 11.3 Å². The average Bonchev–Trinajstić information content (AvgIpc) is 2.81. The Kier molecular flexibility index (Phi) is 4.86. The maximum absolute atomic E-state index is 12.2. The standard InChI is InChI=1S/C13H19F3N2S/c14-13(15,16)7-2-4-11(18-17)9-3-1-5-12-10(9)6-8-19-12/h6,8-9,11,18H,1-5,7,17H2. The van der Waals surface area contributed by atoms with Gasteiger partial charge in [-0.1, -0.05) is 0 Å². The number of nitrogens with two attached hydrogens (primary N) is 1. The minimum atomic E-state index is -4.07. The van der Waals surface area contributed by atoms with Gasteiger partial charge in [-0.05, 0) is 49.1 Å². The molecular weight excluding hydrogens is 273 g/mol. The zero-order chi connectivity index (χ0) is 13.9. The Morgan fingerprint density at radius 3 is 2.95 bits per heavy atom. The van der Waals surface area contributed by atoms with Crippen LogP contribution in [0.1, 0.15) is 48.5 Å². The van der Waals surface area contributed by atoms with Gasteiger partial charge in [0.2, 0.25) is 0 Å². The molecule has 2 unspecified atom stereocenters. The van der Waals surface area contributed by atoms with Crippen molar-refractivity contribution in [1.29, 1.82) is 0 Å². The summed E-state index contributed by atoms with van der Waals surface area (Å²) in [6.07, 6.45) is -1.01.